The molecule has 0 atom stereocenters. The topological polar surface area (TPSA) is 97.7 Å². The zero-order chi connectivity index (χ0) is 29.7. The van der Waals surface area contributed by atoms with E-state index in [0.29, 0.717) is 72.8 Å². The van der Waals surface area contributed by atoms with Gasteiger partial charge in [-0.25, -0.2) is 19.3 Å². The molecular weight excluding hydrogens is 562 g/mol. The van der Waals surface area contributed by atoms with E-state index >= 15 is 0 Å². The van der Waals surface area contributed by atoms with Crippen molar-refractivity contribution in [1.82, 2.24) is 24.8 Å². The number of carbonyl (C=O) groups is 1. The van der Waals surface area contributed by atoms with Gasteiger partial charge < -0.3 is 15.3 Å². The normalized spacial score (nSPS) is 14.6. The number of anilines is 3. The van der Waals surface area contributed by atoms with E-state index in [1.54, 1.807) is 13.0 Å². The number of carboxylic acid groups (broad SMARTS) is 1. The Morgan fingerprint density at radius 2 is 1.78 bits per heavy atom. The molecule has 3 aromatic rings. The Labute approximate surface area is 239 Å². The van der Waals surface area contributed by atoms with Crippen LogP contribution in [0.2, 0.25) is 0 Å². The summed E-state index contributed by atoms with van der Waals surface area (Å²) in [6, 6.07) is 4.27. The van der Waals surface area contributed by atoms with Gasteiger partial charge in [-0.15, -0.1) is 0 Å². The van der Waals surface area contributed by atoms with Crippen LogP contribution in [0, 0.1) is 12.7 Å². The van der Waals surface area contributed by atoms with Crippen molar-refractivity contribution in [3.05, 3.63) is 46.3 Å². The minimum absolute atomic E-state index is 0.0594. The largest absolute Gasteiger partial charge is 0.481 e. The molecule has 9 nitrogen and oxygen atoms in total. The summed E-state index contributed by atoms with van der Waals surface area (Å²) < 4.78 is 54.6. The summed E-state index contributed by atoms with van der Waals surface area (Å²) >= 11 is 1.29. The summed E-state index contributed by atoms with van der Waals surface area (Å²) in [5.74, 6) is -0.0919. The molecule has 1 saturated heterocycles. The van der Waals surface area contributed by atoms with Crippen molar-refractivity contribution in [2.45, 2.75) is 39.9 Å². The van der Waals surface area contributed by atoms with Gasteiger partial charge in [-0.2, -0.15) is 13.2 Å². The Kier molecular flexibility index (Phi) is 9.76. The Hall–Kier alpha value is -3.36. The molecule has 1 fully saturated rings. The first-order valence-electron chi connectivity index (χ1n) is 13.4. The van der Waals surface area contributed by atoms with Crippen LogP contribution in [0.4, 0.5) is 34.3 Å². The zero-order valence-corrected chi connectivity index (χ0v) is 23.9. The van der Waals surface area contributed by atoms with Gasteiger partial charge in [0.15, 0.2) is 5.13 Å². The monoisotopic (exact) mass is 595 g/mol. The lowest BCUT2D eigenvalue weighted by molar-refractivity contribution is -0.138. The molecule has 2 N–H and O–H groups in total. The molecule has 4 rings (SSSR count). The van der Waals surface area contributed by atoms with Crippen LogP contribution < -0.4 is 10.2 Å². The Morgan fingerprint density at radius 3 is 2.41 bits per heavy atom. The minimum atomic E-state index is -4.69. The van der Waals surface area contributed by atoms with E-state index in [9.17, 15) is 22.4 Å². The molecule has 222 valence electrons. The maximum absolute atomic E-state index is 14.3. The van der Waals surface area contributed by atoms with E-state index in [0.717, 1.165) is 25.2 Å². The highest BCUT2D eigenvalue weighted by Gasteiger charge is 2.32. The summed E-state index contributed by atoms with van der Waals surface area (Å²) in [5.41, 5.74) is -0.718. The number of halogens is 4. The number of alkyl halides is 3. The summed E-state index contributed by atoms with van der Waals surface area (Å²) in [5, 5.41) is 12.5. The third-order valence-corrected chi connectivity index (χ3v) is 7.81. The van der Waals surface area contributed by atoms with E-state index in [1.807, 2.05) is 13.8 Å². The van der Waals surface area contributed by atoms with Crippen LogP contribution >= 0.6 is 11.3 Å². The molecule has 1 aromatic carbocycles. The van der Waals surface area contributed by atoms with Gasteiger partial charge in [-0.3, -0.25) is 14.6 Å². The molecule has 0 saturated carbocycles. The number of hydrogen-bond acceptors (Lipinski definition) is 9. The molecule has 0 radical (unpaired) electrons. The number of aromatic nitrogens is 3. The molecule has 0 bridgehead atoms. The van der Waals surface area contributed by atoms with Gasteiger partial charge in [0, 0.05) is 55.8 Å². The van der Waals surface area contributed by atoms with E-state index < -0.39 is 23.5 Å². The third-order valence-electron chi connectivity index (χ3n) is 6.86. The SMILES string of the molecule is CCN(CC)Cc1sc(Nc2cc(N3CCN(CCC(=O)O)CC3)nc(C)n2)nc1-c1cc(F)cc(C(F)(F)F)c1. The van der Waals surface area contributed by atoms with E-state index in [-0.39, 0.29) is 17.7 Å². The molecule has 1 aliphatic heterocycles. The first-order chi connectivity index (χ1) is 19.4. The highest BCUT2D eigenvalue weighted by molar-refractivity contribution is 7.16. The van der Waals surface area contributed by atoms with Gasteiger partial charge in [0.2, 0.25) is 0 Å². The lowest BCUT2D eigenvalue weighted by Crippen LogP contribution is -2.47. The number of hydrogen-bond donors (Lipinski definition) is 2. The second-order valence-corrected chi connectivity index (χ2v) is 10.8. The summed E-state index contributed by atoms with van der Waals surface area (Å²) in [6.07, 6.45) is -4.59. The fourth-order valence-corrected chi connectivity index (χ4v) is 5.65. The van der Waals surface area contributed by atoms with Crippen molar-refractivity contribution < 1.29 is 27.5 Å². The van der Waals surface area contributed by atoms with Crippen molar-refractivity contribution in [1.29, 1.82) is 0 Å². The Bertz CT molecular complexity index is 1360. The van der Waals surface area contributed by atoms with Crippen molar-refractivity contribution in [2.75, 3.05) is 56.0 Å². The van der Waals surface area contributed by atoms with Crippen molar-refractivity contribution in [2.24, 2.45) is 0 Å². The zero-order valence-electron chi connectivity index (χ0n) is 23.1. The van der Waals surface area contributed by atoms with Gasteiger partial charge >= 0.3 is 12.1 Å². The molecule has 0 spiro atoms. The summed E-state index contributed by atoms with van der Waals surface area (Å²) in [6.45, 7) is 10.9. The second kappa shape index (κ2) is 13.1. The summed E-state index contributed by atoms with van der Waals surface area (Å²) in [4.78, 5) is 31.5. The number of nitrogens with zero attached hydrogens (tertiary/aromatic N) is 6. The van der Waals surface area contributed by atoms with Crippen LogP contribution in [-0.4, -0.2) is 81.6 Å². The number of nitrogens with one attached hydrogen (secondary N) is 1. The van der Waals surface area contributed by atoms with Gasteiger partial charge in [0.25, 0.3) is 0 Å². The van der Waals surface area contributed by atoms with E-state index in [2.05, 4.69) is 35.0 Å². The predicted octanol–water partition coefficient (Wildman–Crippen LogP) is 5.25. The smallest absolute Gasteiger partial charge is 0.416 e. The third kappa shape index (κ3) is 8.11. The number of piperazine rings is 1. The summed E-state index contributed by atoms with van der Waals surface area (Å²) in [7, 11) is 0. The maximum Gasteiger partial charge on any atom is 0.416 e. The lowest BCUT2D eigenvalue weighted by atomic mass is 10.1. The lowest BCUT2D eigenvalue weighted by Gasteiger charge is -2.35. The second-order valence-electron chi connectivity index (χ2n) is 9.73. The minimum Gasteiger partial charge on any atom is -0.481 e. The van der Waals surface area contributed by atoms with Gasteiger partial charge in [-0.1, -0.05) is 25.2 Å². The van der Waals surface area contributed by atoms with Crippen molar-refractivity contribution >= 4 is 34.1 Å². The fraction of sp³-hybridized carbons (Fsp3) is 0.481. The molecule has 0 amide bonds. The standard InChI is InChI=1S/C27H33F4N7O2S/c1-4-36(5-2)16-21-25(18-12-19(27(29,30)31)14-20(28)13-18)35-26(41-21)34-22-15-23(33-17(3)32-22)38-10-8-37(9-11-38)7-6-24(39)40/h12-15H,4-11,16H2,1-3H3,(H,39,40)(H,32,33,34,35). The Balaban J connectivity index is 1.60. The number of aryl methyl sites for hydroxylation is 1. The molecule has 0 aliphatic carbocycles. The number of benzene rings is 1. The molecule has 2 aromatic heterocycles. The molecular formula is C27H33F4N7O2S. The van der Waals surface area contributed by atoms with Crippen LogP contribution in [0.3, 0.4) is 0 Å². The van der Waals surface area contributed by atoms with Crippen LogP contribution in [0.1, 0.15) is 36.5 Å². The van der Waals surface area contributed by atoms with Crippen LogP contribution in [0.15, 0.2) is 24.3 Å². The van der Waals surface area contributed by atoms with Crippen LogP contribution in [0.25, 0.3) is 11.3 Å². The Morgan fingerprint density at radius 1 is 1.07 bits per heavy atom. The molecule has 14 heteroatoms. The highest BCUT2D eigenvalue weighted by Crippen LogP contribution is 2.37. The van der Waals surface area contributed by atoms with E-state index in [1.165, 1.54) is 11.3 Å². The average Bonchev–Trinajstić information content (AvgIpc) is 3.31. The quantitative estimate of drug-likeness (QED) is 0.288. The predicted molar refractivity (Wildman–Crippen MR) is 150 cm³/mol. The first-order valence-corrected chi connectivity index (χ1v) is 14.2. The molecule has 1 aliphatic rings. The van der Waals surface area contributed by atoms with Crippen LogP contribution in [-0.2, 0) is 17.5 Å². The number of aliphatic carboxylic acids is 1. The van der Waals surface area contributed by atoms with Crippen LogP contribution in [0.5, 0.6) is 0 Å². The number of rotatable bonds is 11. The first kappa shape index (κ1) is 30.6. The van der Waals surface area contributed by atoms with E-state index in [4.69, 9.17) is 5.11 Å². The van der Waals surface area contributed by atoms with Crippen molar-refractivity contribution in [3.8, 4) is 11.3 Å². The fourth-order valence-electron chi connectivity index (χ4n) is 4.62. The molecule has 3 heterocycles. The van der Waals surface area contributed by atoms with Gasteiger partial charge in [0.05, 0.1) is 17.7 Å². The number of thiazole rings is 1. The maximum atomic E-state index is 14.3. The highest BCUT2D eigenvalue weighted by atomic mass is 32.1. The number of carboxylic acids is 1. The molecule has 41 heavy (non-hydrogen) atoms. The van der Waals surface area contributed by atoms with Gasteiger partial charge in [-0.05, 0) is 38.2 Å². The average molecular weight is 596 g/mol. The molecule has 0 unspecified atom stereocenters. The van der Waals surface area contributed by atoms with Gasteiger partial charge in [0.1, 0.15) is 23.3 Å². The van der Waals surface area contributed by atoms with Crippen molar-refractivity contribution in [3.63, 3.8) is 0 Å².